The summed E-state index contributed by atoms with van der Waals surface area (Å²) in [7, 11) is 0. The van der Waals surface area contributed by atoms with Crippen LogP contribution in [-0.2, 0) is 4.79 Å². The van der Waals surface area contributed by atoms with E-state index in [4.69, 9.17) is 7.48 Å². The normalized spacial score (nSPS) is 25.0. The fraction of sp³-hybridized carbons (Fsp3) is 0.576. The Balaban J connectivity index is 1.12. The van der Waals surface area contributed by atoms with Gasteiger partial charge in [-0.3, -0.25) is 9.59 Å². The monoisotopic (exact) mass is 592 g/mol. The van der Waals surface area contributed by atoms with Gasteiger partial charge in [0.15, 0.2) is 11.6 Å². The number of piperidine rings is 3. The third-order valence-electron chi connectivity index (χ3n) is 9.71. The first-order valence-corrected chi connectivity index (χ1v) is 15.5. The van der Waals surface area contributed by atoms with E-state index in [-0.39, 0.29) is 65.2 Å². The van der Waals surface area contributed by atoms with Gasteiger partial charge in [0.25, 0.3) is 5.91 Å². The summed E-state index contributed by atoms with van der Waals surface area (Å²) in [6, 6.07) is 3.67. The van der Waals surface area contributed by atoms with Crippen LogP contribution in [-0.4, -0.2) is 81.9 Å². The lowest BCUT2D eigenvalue weighted by Crippen LogP contribution is -2.64. The summed E-state index contributed by atoms with van der Waals surface area (Å²) in [6.07, 6.45) is 7.35. The van der Waals surface area contributed by atoms with Crippen LogP contribution in [0.4, 0.5) is 10.2 Å². The molecule has 0 radical (unpaired) electrons. The fourth-order valence-corrected chi connectivity index (χ4v) is 7.53. The van der Waals surface area contributed by atoms with Crippen molar-refractivity contribution >= 4 is 17.6 Å². The molecule has 1 aromatic heterocycles. The van der Waals surface area contributed by atoms with E-state index in [0.29, 0.717) is 31.1 Å². The molecule has 1 saturated carbocycles. The summed E-state index contributed by atoms with van der Waals surface area (Å²) < 4.78 is 36.4. The predicted molar refractivity (Wildman–Crippen MR) is 163 cm³/mol. The zero-order chi connectivity index (χ0) is 32.0. The molecule has 1 spiro atoms. The number of hydrogen-bond acceptors (Lipinski definition) is 7. The van der Waals surface area contributed by atoms with E-state index in [1.165, 1.54) is 24.5 Å². The van der Waals surface area contributed by atoms with Gasteiger partial charge < -0.3 is 24.8 Å². The first-order valence-electron chi connectivity index (χ1n) is 16.5. The Morgan fingerprint density at radius 2 is 1.91 bits per heavy atom. The highest BCUT2D eigenvalue weighted by Gasteiger charge is 2.49. The highest BCUT2D eigenvalue weighted by atomic mass is 19.1. The molecule has 1 N–H and O–H groups in total. The fourth-order valence-electron chi connectivity index (χ4n) is 7.53. The number of benzene rings is 1. The summed E-state index contributed by atoms with van der Waals surface area (Å²) in [6.45, 7) is 10.4. The molecule has 2 bridgehead atoms. The highest BCUT2D eigenvalue weighted by molar-refractivity contribution is 5.97. The van der Waals surface area contributed by atoms with Gasteiger partial charge in [-0.25, -0.2) is 14.4 Å². The van der Waals surface area contributed by atoms with Gasteiger partial charge in [-0.05, 0) is 78.0 Å². The van der Waals surface area contributed by atoms with Gasteiger partial charge in [0.05, 0.1) is 20.5 Å². The first kappa shape index (κ1) is 27.0. The van der Waals surface area contributed by atoms with Crippen molar-refractivity contribution in [1.29, 1.82) is 0 Å². The summed E-state index contributed by atoms with van der Waals surface area (Å²) in [5, 5.41) is 3.50. The molecule has 1 aliphatic carbocycles. The van der Waals surface area contributed by atoms with Gasteiger partial charge in [0.1, 0.15) is 17.9 Å². The Hall–Kier alpha value is -3.53. The van der Waals surface area contributed by atoms with E-state index in [9.17, 15) is 14.0 Å². The lowest BCUT2D eigenvalue weighted by Gasteiger charge is -2.55. The number of fused-ring (bicyclic) bond motifs is 3. The molecule has 230 valence electrons. The number of amides is 2. The topological polar surface area (TPSA) is 90.9 Å². The number of likely N-dealkylation sites (tertiary alicyclic amines) is 1. The molecule has 43 heavy (non-hydrogen) atoms. The van der Waals surface area contributed by atoms with Crippen molar-refractivity contribution in [1.82, 2.24) is 25.1 Å². The number of aromatic nitrogens is 2. The van der Waals surface area contributed by atoms with Crippen molar-refractivity contribution in [2.75, 3.05) is 31.1 Å². The summed E-state index contributed by atoms with van der Waals surface area (Å²) >= 11 is 0. The zero-order valence-corrected chi connectivity index (χ0v) is 25.5. The number of anilines is 1. The van der Waals surface area contributed by atoms with Gasteiger partial charge in [-0.15, -0.1) is 0 Å². The Morgan fingerprint density at radius 1 is 1.16 bits per heavy atom. The van der Waals surface area contributed by atoms with Crippen LogP contribution in [0.25, 0.3) is 0 Å². The minimum absolute atomic E-state index is 0.0468. The molecule has 2 aromatic rings. The molecule has 2 amide bonds. The van der Waals surface area contributed by atoms with Crippen molar-refractivity contribution in [3.8, 4) is 11.5 Å². The average Bonchev–Trinajstić information content (AvgIpc) is 3.00. The third-order valence-corrected chi connectivity index (χ3v) is 9.71. The summed E-state index contributed by atoms with van der Waals surface area (Å²) in [5.74, 6) is 0.487. The van der Waals surface area contributed by atoms with E-state index < -0.39 is 5.82 Å². The van der Waals surface area contributed by atoms with Crippen LogP contribution in [0.5, 0.6) is 11.5 Å². The molecule has 5 heterocycles. The summed E-state index contributed by atoms with van der Waals surface area (Å²) in [5.41, 5.74) is 1.03. The van der Waals surface area contributed by atoms with E-state index in [2.05, 4.69) is 20.2 Å². The molecule has 4 saturated heterocycles. The van der Waals surface area contributed by atoms with E-state index in [1.54, 1.807) is 11.1 Å². The maximum Gasteiger partial charge on any atom is 0.258 e. The summed E-state index contributed by atoms with van der Waals surface area (Å²) in [4.78, 5) is 41.6. The van der Waals surface area contributed by atoms with Gasteiger partial charge in [0.2, 0.25) is 5.91 Å². The second-order valence-corrected chi connectivity index (χ2v) is 13.3. The highest BCUT2D eigenvalue weighted by Crippen LogP contribution is 2.45. The molecule has 3 atom stereocenters. The van der Waals surface area contributed by atoms with Crippen LogP contribution in [0.1, 0.15) is 72.9 Å². The number of ether oxygens (including phenoxy) is 1. The zero-order valence-electron chi connectivity index (χ0n) is 27.5. The molecule has 9 nitrogen and oxygen atoms in total. The molecule has 4 aliphatic heterocycles. The Labute approximate surface area is 256 Å². The molecule has 5 aliphatic rings. The van der Waals surface area contributed by atoms with E-state index >= 15 is 0 Å². The van der Waals surface area contributed by atoms with Crippen LogP contribution in [0.2, 0.25) is 0 Å². The largest absolute Gasteiger partial charge is 0.451 e. The van der Waals surface area contributed by atoms with Crippen LogP contribution in [0, 0.1) is 17.2 Å². The molecule has 1 aromatic carbocycles. The Morgan fingerprint density at radius 3 is 2.58 bits per heavy atom. The van der Waals surface area contributed by atoms with E-state index in [0.717, 1.165) is 44.3 Å². The van der Waals surface area contributed by atoms with Crippen molar-refractivity contribution in [3.63, 3.8) is 0 Å². The smallest absolute Gasteiger partial charge is 0.258 e. The predicted octanol–water partition coefficient (Wildman–Crippen LogP) is 4.79. The van der Waals surface area contributed by atoms with Gasteiger partial charge in [-0.1, -0.05) is 12.1 Å². The van der Waals surface area contributed by atoms with Crippen molar-refractivity contribution in [2.24, 2.45) is 11.3 Å². The van der Waals surface area contributed by atoms with E-state index in [1.807, 2.05) is 32.6 Å². The minimum atomic E-state index is -0.515. The van der Waals surface area contributed by atoms with Gasteiger partial charge >= 0.3 is 0 Å². The minimum Gasteiger partial charge on any atom is -0.451 e. The quantitative estimate of drug-likeness (QED) is 0.463. The molecule has 0 unspecified atom stereocenters. The number of hydrogen-bond donors (Lipinski definition) is 1. The van der Waals surface area contributed by atoms with Gasteiger partial charge in [-0.2, -0.15) is 0 Å². The van der Waals surface area contributed by atoms with Crippen LogP contribution < -0.4 is 15.0 Å². The molecule has 7 rings (SSSR count). The molecular formula is C33H43FN6O3. The lowest BCUT2D eigenvalue weighted by atomic mass is 9.70. The number of halogens is 1. The number of nitrogens with one attached hydrogen (secondary N) is 1. The van der Waals surface area contributed by atoms with Crippen molar-refractivity contribution < 1.29 is 21.5 Å². The SMILES string of the molecule is [2H]C([2H])=C1C[C@@H]2CC[C@H]1[C@@H](C(=O)N1CCC3(CC1)CN(c1ncncc1Oc1ccc(F)cc1C(=O)N(C(C)C)C(C)C)C3)N2. The Kier molecular flexibility index (Phi) is 7.25. The average molecular weight is 593 g/mol. The number of nitrogens with zero attached hydrogens (tertiary/aromatic N) is 5. The third kappa shape index (κ3) is 5.61. The maximum absolute atomic E-state index is 14.4. The second kappa shape index (κ2) is 11.5. The van der Waals surface area contributed by atoms with Crippen molar-refractivity contribution in [2.45, 2.75) is 84.0 Å². The molecule has 5 fully saturated rings. The number of carbonyl (C=O) groups is 2. The lowest BCUT2D eigenvalue weighted by molar-refractivity contribution is -0.138. The van der Waals surface area contributed by atoms with Crippen LogP contribution in [0.15, 0.2) is 42.8 Å². The molecular weight excluding hydrogens is 547 g/mol. The number of carbonyl (C=O) groups excluding carboxylic acids is 2. The molecule has 10 heteroatoms. The first-order chi connectivity index (χ1) is 21.5. The van der Waals surface area contributed by atoms with Crippen molar-refractivity contribution in [3.05, 3.63) is 54.2 Å². The number of rotatable bonds is 7. The Bertz CT molecular complexity index is 1470. The standard InChI is InChI=1S/C33H43FN6O3/c1-20(2)40(21(3)4)31(41)26-15-23(34)6-9-27(26)43-28-16-35-19-36-30(28)39-17-33(18-39)10-12-38(13-11-33)32(42)29-25-8-7-24(37-29)14-22(25)5/h6,9,15-16,19-21,24-25,29,37H,5,7-8,10-14,17-18H2,1-4H3/t24-,25+,29-/m0/s1/i5D2. The van der Waals surface area contributed by atoms with Gasteiger partial charge in [0, 0.05) is 55.6 Å². The van der Waals surface area contributed by atoms with Crippen LogP contribution in [0.3, 0.4) is 0 Å². The van der Waals surface area contributed by atoms with Crippen LogP contribution >= 0.6 is 0 Å². The second-order valence-electron chi connectivity index (χ2n) is 13.3. The maximum atomic E-state index is 14.4.